The maximum absolute atomic E-state index is 14.6. The average Bonchev–Trinajstić information content (AvgIpc) is 3.20. The van der Waals surface area contributed by atoms with Crippen molar-refractivity contribution in [1.82, 2.24) is 14.9 Å². The molecule has 29 heavy (non-hydrogen) atoms. The van der Waals surface area contributed by atoms with Gasteiger partial charge < -0.3 is 14.6 Å². The molecule has 158 valence electrons. The summed E-state index contributed by atoms with van der Waals surface area (Å²) in [4.78, 5) is 22.1. The minimum Gasteiger partial charge on any atom is -0.493 e. The van der Waals surface area contributed by atoms with Crippen LogP contribution < -0.4 is 10.3 Å². The number of aromatic amines is 1. The number of nitrogens with zero attached hydrogens (tertiary/aromatic N) is 2. The van der Waals surface area contributed by atoms with E-state index in [2.05, 4.69) is 14.9 Å². The second kappa shape index (κ2) is 9.43. The highest BCUT2D eigenvalue weighted by atomic mass is 35.5. The fourth-order valence-corrected chi connectivity index (χ4v) is 4.87. The van der Waals surface area contributed by atoms with E-state index in [9.17, 15) is 9.18 Å². The second-order valence-corrected chi connectivity index (χ2v) is 8.83. The van der Waals surface area contributed by atoms with Gasteiger partial charge in [-0.3, -0.25) is 4.79 Å². The van der Waals surface area contributed by atoms with Crippen LogP contribution in [0.3, 0.4) is 0 Å². The lowest BCUT2D eigenvalue weighted by Crippen LogP contribution is -2.36. The molecule has 1 aromatic carbocycles. The Hall–Kier alpha value is -1.66. The molecule has 2 heterocycles. The number of halogens is 2. The third-order valence-corrected chi connectivity index (χ3v) is 6.50. The van der Waals surface area contributed by atoms with E-state index < -0.39 is 11.4 Å². The number of aromatic nitrogens is 2. The van der Waals surface area contributed by atoms with Gasteiger partial charge in [-0.05, 0) is 37.8 Å². The lowest BCUT2D eigenvalue weighted by Gasteiger charge is -2.31. The van der Waals surface area contributed by atoms with Gasteiger partial charge >= 0.3 is 0 Å². The highest BCUT2D eigenvalue weighted by molar-refractivity contribution is 6.18. The van der Waals surface area contributed by atoms with Gasteiger partial charge in [-0.1, -0.05) is 25.7 Å². The van der Waals surface area contributed by atoms with E-state index in [0.29, 0.717) is 41.4 Å². The molecule has 2 aliphatic rings. The number of piperidine rings is 1. The molecular weight excluding hydrogens is 393 g/mol. The summed E-state index contributed by atoms with van der Waals surface area (Å²) in [6.07, 6.45) is 7.66. The third-order valence-electron chi connectivity index (χ3n) is 6.33. The number of alkyl halides is 1. The topological polar surface area (TPSA) is 58.2 Å². The van der Waals surface area contributed by atoms with Gasteiger partial charge in [0.2, 0.25) is 0 Å². The number of nitrogens with one attached hydrogen (secondary N) is 1. The van der Waals surface area contributed by atoms with Gasteiger partial charge in [0.05, 0.1) is 12.1 Å². The fraction of sp³-hybridized carbons (Fsp3) is 0.636. The quantitative estimate of drug-likeness (QED) is 0.683. The predicted octanol–water partition coefficient (Wildman–Crippen LogP) is 4.12. The largest absolute Gasteiger partial charge is 0.493 e. The molecule has 1 saturated carbocycles. The molecule has 0 radical (unpaired) electrons. The molecule has 1 aromatic heterocycles. The van der Waals surface area contributed by atoms with E-state index in [1.807, 2.05) is 0 Å². The van der Waals surface area contributed by atoms with Crippen LogP contribution in [-0.2, 0) is 6.42 Å². The molecule has 2 fully saturated rings. The van der Waals surface area contributed by atoms with Crippen LogP contribution in [0.15, 0.2) is 16.9 Å². The summed E-state index contributed by atoms with van der Waals surface area (Å²) in [6, 6.07) is 3.01. The van der Waals surface area contributed by atoms with Crippen LogP contribution in [0.25, 0.3) is 10.9 Å². The molecule has 1 saturated heterocycles. The van der Waals surface area contributed by atoms with Crippen molar-refractivity contribution in [2.45, 2.75) is 44.9 Å². The highest BCUT2D eigenvalue weighted by Gasteiger charge is 2.21. The molecule has 1 aliphatic carbocycles. The lowest BCUT2D eigenvalue weighted by molar-refractivity contribution is 0.146. The lowest BCUT2D eigenvalue weighted by atomic mass is 9.98. The molecule has 0 amide bonds. The van der Waals surface area contributed by atoms with Crippen molar-refractivity contribution < 1.29 is 9.13 Å². The zero-order valence-electron chi connectivity index (χ0n) is 16.8. The smallest absolute Gasteiger partial charge is 0.261 e. The van der Waals surface area contributed by atoms with E-state index in [-0.39, 0.29) is 5.39 Å². The van der Waals surface area contributed by atoms with Gasteiger partial charge in [0.1, 0.15) is 22.8 Å². The molecule has 5 nitrogen and oxygen atoms in total. The van der Waals surface area contributed by atoms with Gasteiger partial charge in [0.25, 0.3) is 5.56 Å². The van der Waals surface area contributed by atoms with Crippen molar-refractivity contribution in [3.63, 3.8) is 0 Å². The average molecular weight is 422 g/mol. The molecule has 0 atom stereocenters. The van der Waals surface area contributed by atoms with Gasteiger partial charge in [-0.15, -0.1) is 11.6 Å². The van der Waals surface area contributed by atoms with Gasteiger partial charge in [-0.25, -0.2) is 9.37 Å². The Morgan fingerprint density at radius 3 is 2.66 bits per heavy atom. The first kappa shape index (κ1) is 20.6. The SMILES string of the molecule is O=c1[nH]c(CC2CCCC2)nc2cc(OCC3CCN(CCCl)CC3)cc(F)c12. The monoisotopic (exact) mass is 421 g/mol. The number of fused-ring (bicyclic) bond motifs is 1. The third kappa shape index (κ3) is 5.10. The first-order chi connectivity index (χ1) is 14.1. The zero-order valence-corrected chi connectivity index (χ0v) is 17.5. The summed E-state index contributed by atoms with van der Waals surface area (Å²) >= 11 is 5.81. The molecule has 0 spiro atoms. The fourth-order valence-electron chi connectivity index (χ4n) is 4.63. The van der Waals surface area contributed by atoms with Crippen molar-refractivity contribution in [3.05, 3.63) is 34.1 Å². The maximum Gasteiger partial charge on any atom is 0.261 e. The number of rotatable bonds is 7. The minimum absolute atomic E-state index is 0.0157. The number of likely N-dealkylation sites (tertiary alicyclic amines) is 1. The Morgan fingerprint density at radius 1 is 1.17 bits per heavy atom. The molecule has 0 bridgehead atoms. The molecule has 7 heteroatoms. The van der Waals surface area contributed by atoms with Crippen LogP contribution in [-0.4, -0.2) is 47.0 Å². The zero-order chi connectivity index (χ0) is 20.2. The molecule has 1 N–H and O–H groups in total. The number of ether oxygens (including phenoxy) is 1. The van der Waals surface area contributed by atoms with Crippen molar-refractivity contribution in [2.75, 3.05) is 32.1 Å². The number of benzene rings is 1. The normalized spacial score (nSPS) is 19.2. The van der Waals surface area contributed by atoms with Gasteiger partial charge in [0, 0.05) is 31.0 Å². The summed E-state index contributed by atoms with van der Waals surface area (Å²) in [6.45, 7) is 3.52. The maximum atomic E-state index is 14.6. The number of hydrogen-bond donors (Lipinski definition) is 1. The number of hydrogen-bond acceptors (Lipinski definition) is 4. The van der Waals surface area contributed by atoms with Crippen molar-refractivity contribution in [2.24, 2.45) is 11.8 Å². The minimum atomic E-state index is -0.574. The molecule has 0 unspecified atom stereocenters. The Labute approximate surface area is 175 Å². The van der Waals surface area contributed by atoms with Crippen LogP contribution >= 0.6 is 11.6 Å². The highest BCUT2D eigenvalue weighted by Crippen LogP contribution is 2.28. The van der Waals surface area contributed by atoms with Crippen molar-refractivity contribution >= 4 is 22.5 Å². The molecule has 4 rings (SSSR count). The Kier molecular flexibility index (Phi) is 6.70. The van der Waals surface area contributed by atoms with E-state index in [4.69, 9.17) is 16.3 Å². The second-order valence-electron chi connectivity index (χ2n) is 8.45. The van der Waals surface area contributed by atoms with Crippen LogP contribution in [0.4, 0.5) is 4.39 Å². The molecule has 2 aromatic rings. The van der Waals surface area contributed by atoms with E-state index in [1.165, 1.54) is 31.7 Å². The van der Waals surface area contributed by atoms with Gasteiger partial charge in [-0.2, -0.15) is 0 Å². The summed E-state index contributed by atoms with van der Waals surface area (Å²) in [5.74, 6) is 2.19. The summed E-state index contributed by atoms with van der Waals surface area (Å²) in [5.41, 5.74) is -0.0209. The van der Waals surface area contributed by atoms with Crippen LogP contribution in [0.1, 0.15) is 44.3 Å². The first-order valence-electron chi connectivity index (χ1n) is 10.8. The molecular formula is C22H29ClFN3O2. The van der Waals surface area contributed by atoms with E-state index in [0.717, 1.165) is 38.9 Å². The van der Waals surface area contributed by atoms with Crippen LogP contribution in [0.2, 0.25) is 0 Å². The summed E-state index contributed by atoms with van der Waals surface area (Å²) in [5, 5.41) is 0.0157. The Balaban J connectivity index is 1.45. The van der Waals surface area contributed by atoms with Gasteiger partial charge in [0.15, 0.2) is 0 Å². The standard InChI is InChI=1S/C22H29ClFN3O2/c23-7-10-27-8-5-16(6-9-27)14-29-17-12-18(24)21-19(13-17)25-20(26-22(21)28)11-15-3-1-2-4-15/h12-13,15-16H,1-11,14H2,(H,25,26,28). The summed E-state index contributed by atoms with van der Waals surface area (Å²) < 4.78 is 20.5. The van der Waals surface area contributed by atoms with Crippen molar-refractivity contribution in [3.8, 4) is 5.75 Å². The van der Waals surface area contributed by atoms with E-state index in [1.54, 1.807) is 6.07 Å². The predicted molar refractivity (Wildman–Crippen MR) is 113 cm³/mol. The van der Waals surface area contributed by atoms with Crippen LogP contribution in [0, 0.1) is 17.7 Å². The number of H-pyrrole nitrogens is 1. The molecule has 1 aliphatic heterocycles. The van der Waals surface area contributed by atoms with Crippen LogP contribution in [0.5, 0.6) is 5.75 Å². The Bertz CT molecular complexity index is 889. The Morgan fingerprint density at radius 2 is 1.93 bits per heavy atom. The summed E-state index contributed by atoms with van der Waals surface area (Å²) in [7, 11) is 0. The van der Waals surface area contributed by atoms with Crippen molar-refractivity contribution in [1.29, 1.82) is 0 Å². The van der Waals surface area contributed by atoms with E-state index >= 15 is 0 Å². The first-order valence-corrected chi connectivity index (χ1v) is 11.3.